The van der Waals surface area contributed by atoms with Crippen molar-refractivity contribution in [3.8, 4) is 0 Å². The first-order valence-electron chi connectivity index (χ1n) is 12.2. The van der Waals surface area contributed by atoms with Crippen LogP contribution in [-0.2, 0) is 9.53 Å². The number of nitro groups is 2. The number of nitrogens with one attached hydrogen (secondary N) is 2. The predicted octanol–water partition coefficient (Wildman–Crippen LogP) is 5.03. The van der Waals surface area contributed by atoms with Gasteiger partial charge in [0, 0.05) is 17.2 Å². The lowest BCUT2D eigenvalue weighted by Crippen LogP contribution is -2.35. The quantitative estimate of drug-likeness (QED) is 0.113. The molecule has 1 amide bonds. The Hall–Kier alpha value is -5.91. The van der Waals surface area contributed by atoms with Gasteiger partial charge in [-0.05, 0) is 23.8 Å². The summed E-state index contributed by atoms with van der Waals surface area (Å²) in [5.74, 6) is -1.23. The van der Waals surface area contributed by atoms with Gasteiger partial charge in [0.05, 0.1) is 15.9 Å². The molecule has 0 heterocycles. The Balaban J connectivity index is 1.58. The van der Waals surface area contributed by atoms with Crippen LogP contribution in [0.5, 0.6) is 0 Å². The number of hydrazone groups is 1. The zero-order valence-corrected chi connectivity index (χ0v) is 21.4. The van der Waals surface area contributed by atoms with Crippen molar-refractivity contribution in [1.29, 1.82) is 0 Å². The van der Waals surface area contributed by atoms with Gasteiger partial charge in [-0.1, -0.05) is 78.9 Å². The average molecular weight is 554 g/mol. The molecule has 1 atom stereocenters. The molecule has 4 rings (SSSR count). The summed E-state index contributed by atoms with van der Waals surface area (Å²) in [6, 6.07) is 27.6. The lowest BCUT2D eigenvalue weighted by Gasteiger charge is -2.19. The van der Waals surface area contributed by atoms with E-state index in [0.29, 0.717) is 16.7 Å². The van der Waals surface area contributed by atoms with Gasteiger partial charge in [0.15, 0.2) is 6.04 Å². The minimum absolute atomic E-state index is 0.0994. The Morgan fingerprint density at radius 1 is 0.780 bits per heavy atom. The molecule has 206 valence electrons. The van der Waals surface area contributed by atoms with Crippen molar-refractivity contribution in [1.82, 2.24) is 5.32 Å². The highest BCUT2D eigenvalue weighted by Crippen LogP contribution is 2.29. The third-order valence-corrected chi connectivity index (χ3v) is 5.84. The standard InChI is InChI=1S/C29H23N5O7/c35-28(22-14-8-3-9-15-22)30-27(21-12-6-2-7-13-21)29(36)41-19-25(20-10-4-1-5-11-20)32-31-24-17-16-23(33(37)38)18-26(24)34(39)40/h1-18,27,31H,19H2,(H,30,35)/b32-25+/t27-/m1/s1. The highest BCUT2D eigenvalue weighted by Gasteiger charge is 2.26. The van der Waals surface area contributed by atoms with Crippen molar-refractivity contribution in [2.45, 2.75) is 6.04 Å². The summed E-state index contributed by atoms with van der Waals surface area (Å²) < 4.78 is 5.58. The minimum Gasteiger partial charge on any atom is -0.457 e. The molecule has 4 aromatic carbocycles. The molecule has 12 heteroatoms. The third kappa shape index (κ3) is 7.35. The number of carbonyl (C=O) groups is 2. The van der Waals surface area contributed by atoms with Crippen molar-refractivity contribution in [2.75, 3.05) is 12.0 Å². The summed E-state index contributed by atoms with van der Waals surface area (Å²) in [5.41, 5.74) is 3.06. The Labute approximate surface area is 233 Å². The predicted molar refractivity (Wildman–Crippen MR) is 150 cm³/mol. The number of non-ortho nitro benzene ring substituents is 1. The molecule has 0 spiro atoms. The molecule has 0 radical (unpaired) electrons. The molecule has 0 bridgehead atoms. The Bertz CT molecular complexity index is 1580. The number of rotatable bonds is 11. The van der Waals surface area contributed by atoms with Crippen LogP contribution in [-0.4, -0.2) is 34.0 Å². The number of hydrogen-bond donors (Lipinski definition) is 2. The summed E-state index contributed by atoms with van der Waals surface area (Å²) in [6.07, 6.45) is 0. The number of esters is 1. The first-order valence-corrected chi connectivity index (χ1v) is 12.2. The molecule has 0 aromatic heterocycles. The average Bonchev–Trinajstić information content (AvgIpc) is 3.00. The van der Waals surface area contributed by atoms with Crippen molar-refractivity contribution >= 4 is 34.7 Å². The maximum absolute atomic E-state index is 13.3. The molecule has 0 aliphatic heterocycles. The van der Waals surface area contributed by atoms with Crippen LogP contribution in [0.15, 0.2) is 114 Å². The fourth-order valence-corrected chi connectivity index (χ4v) is 3.77. The van der Waals surface area contributed by atoms with E-state index in [0.717, 1.165) is 12.1 Å². The van der Waals surface area contributed by atoms with Crippen molar-refractivity contribution < 1.29 is 24.2 Å². The number of amides is 1. The topological polar surface area (TPSA) is 166 Å². The van der Waals surface area contributed by atoms with Gasteiger partial charge in [0.1, 0.15) is 18.0 Å². The van der Waals surface area contributed by atoms with Crippen molar-refractivity contribution in [3.05, 3.63) is 146 Å². The number of anilines is 1. The van der Waals surface area contributed by atoms with Gasteiger partial charge in [-0.15, -0.1) is 0 Å². The molecule has 0 fully saturated rings. The number of benzene rings is 4. The first kappa shape index (κ1) is 28.1. The van der Waals surface area contributed by atoms with Crippen LogP contribution in [0.25, 0.3) is 0 Å². The zero-order chi connectivity index (χ0) is 29.2. The molecular formula is C29H23N5O7. The van der Waals surface area contributed by atoms with Gasteiger partial charge >= 0.3 is 11.7 Å². The van der Waals surface area contributed by atoms with E-state index >= 15 is 0 Å². The fourth-order valence-electron chi connectivity index (χ4n) is 3.77. The molecule has 0 aliphatic carbocycles. The maximum Gasteiger partial charge on any atom is 0.333 e. The molecule has 41 heavy (non-hydrogen) atoms. The highest BCUT2D eigenvalue weighted by atomic mass is 16.6. The lowest BCUT2D eigenvalue weighted by molar-refractivity contribution is -0.393. The molecule has 2 N–H and O–H groups in total. The smallest absolute Gasteiger partial charge is 0.333 e. The molecular weight excluding hydrogens is 530 g/mol. The Morgan fingerprint density at radius 2 is 1.37 bits per heavy atom. The minimum atomic E-state index is -1.13. The summed E-state index contributed by atoms with van der Waals surface area (Å²) in [4.78, 5) is 47.2. The van der Waals surface area contributed by atoms with Crippen molar-refractivity contribution in [3.63, 3.8) is 0 Å². The van der Waals surface area contributed by atoms with Gasteiger partial charge in [-0.3, -0.25) is 30.4 Å². The van der Waals surface area contributed by atoms with E-state index in [2.05, 4.69) is 15.8 Å². The van der Waals surface area contributed by atoms with Crippen LogP contribution in [0.2, 0.25) is 0 Å². The van der Waals surface area contributed by atoms with Crippen LogP contribution < -0.4 is 10.7 Å². The highest BCUT2D eigenvalue weighted by molar-refractivity contribution is 6.03. The Kier molecular flexibility index (Phi) is 9.08. The van der Waals surface area contributed by atoms with Gasteiger partial charge in [-0.25, -0.2) is 4.79 Å². The molecule has 0 saturated carbocycles. The second kappa shape index (κ2) is 13.2. The third-order valence-electron chi connectivity index (χ3n) is 5.84. The first-order chi connectivity index (χ1) is 19.8. The van der Waals surface area contributed by atoms with Crippen molar-refractivity contribution in [2.24, 2.45) is 5.10 Å². The van der Waals surface area contributed by atoms with Crippen LogP contribution in [0.4, 0.5) is 17.1 Å². The number of hydrogen-bond acceptors (Lipinski definition) is 9. The normalized spacial score (nSPS) is 11.7. The van der Waals surface area contributed by atoms with E-state index in [1.165, 1.54) is 6.07 Å². The van der Waals surface area contributed by atoms with E-state index < -0.39 is 39.1 Å². The van der Waals surface area contributed by atoms with Gasteiger partial charge < -0.3 is 10.1 Å². The number of nitro benzene ring substituents is 2. The molecule has 12 nitrogen and oxygen atoms in total. The monoisotopic (exact) mass is 553 g/mol. The summed E-state index contributed by atoms with van der Waals surface area (Å²) >= 11 is 0. The SMILES string of the molecule is O=C(N[C@@H](C(=O)OC/C(=N\Nc1ccc([N+](=O)[O-])cc1[N+](=O)[O-])c1ccccc1)c1ccccc1)c1ccccc1. The Morgan fingerprint density at radius 3 is 1.95 bits per heavy atom. The summed E-state index contributed by atoms with van der Waals surface area (Å²) in [5, 5.41) is 29.5. The zero-order valence-electron chi connectivity index (χ0n) is 21.4. The van der Waals surface area contributed by atoms with Gasteiger partial charge in [0.25, 0.3) is 11.6 Å². The van der Waals surface area contributed by atoms with Crippen LogP contribution in [0.3, 0.4) is 0 Å². The fraction of sp³-hybridized carbons (Fsp3) is 0.0690. The van der Waals surface area contributed by atoms with E-state index in [9.17, 15) is 29.8 Å². The lowest BCUT2D eigenvalue weighted by atomic mass is 10.1. The largest absolute Gasteiger partial charge is 0.457 e. The van der Waals surface area contributed by atoms with E-state index in [-0.39, 0.29) is 18.0 Å². The van der Waals surface area contributed by atoms with E-state index in [1.54, 1.807) is 91.0 Å². The molecule has 0 aliphatic rings. The summed E-state index contributed by atoms with van der Waals surface area (Å²) in [6.45, 7) is -0.360. The number of nitrogens with zero attached hydrogens (tertiary/aromatic N) is 3. The van der Waals surface area contributed by atoms with Gasteiger partial charge in [-0.2, -0.15) is 5.10 Å². The van der Waals surface area contributed by atoms with Crippen LogP contribution in [0.1, 0.15) is 27.5 Å². The second-order valence-electron chi connectivity index (χ2n) is 8.54. The van der Waals surface area contributed by atoms with Crippen LogP contribution in [0, 0.1) is 20.2 Å². The van der Waals surface area contributed by atoms with E-state index in [1.807, 2.05) is 0 Å². The number of ether oxygens (including phenoxy) is 1. The number of carbonyl (C=O) groups excluding carboxylic acids is 2. The molecule has 4 aromatic rings. The second-order valence-corrected chi connectivity index (χ2v) is 8.54. The maximum atomic E-state index is 13.3. The van der Waals surface area contributed by atoms with Gasteiger partial charge in [0.2, 0.25) is 0 Å². The molecule has 0 saturated heterocycles. The van der Waals surface area contributed by atoms with E-state index in [4.69, 9.17) is 4.74 Å². The van der Waals surface area contributed by atoms with Crippen LogP contribution >= 0.6 is 0 Å². The molecule has 0 unspecified atom stereocenters. The summed E-state index contributed by atoms with van der Waals surface area (Å²) in [7, 11) is 0.